The zero-order valence-corrected chi connectivity index (χ0v) is 13.3. The maximum Gasteiger partial charge on any atom is 0.237 e. The lowest BCUT2D eigenvalue weighted by Crippen LogP contribution is -2.47. The summed E-state index contributed by atoms with van der Waals surface area (Å²) < 4.78 is 10.3. The second-order valence-corrected chi connectivity index (χ2v) is 5.55. The van der Waals surface area contributed by atoms with Gasteiger partial charge in [-0.25, -0.2) is 0 Å². The zero-order valence-electron chi connectivity index (χ0n) is 13.3. The van der Waals surface area contributed by atoms with Crippen LogP contribution in [0.15, 0.2) is 28.9 Å². The van der Waals surface area contributed by atoms with Gasteiger partial charge < -0.3 is 14.5 Å². The van der Waals surface area contributed by atoms with E-state index >= 15 is 0 Å². The van der Waals surface area contributed by atoms with Crippen LogP contribution in [-0.2, 0) is 24.3 Å². The normalized spacial score (nSPS) is 15.7. The van der Waals surface area contributed by atoms with Crippen molar-refractivity contribution in [3.05, 3.63) is 41.5 Å². The number of nitrogens with zero attached hydrogens (tertiary/aromatic N) is 3. The first-order valence-corrected chi connectivity index (χ1v) is 7.61. The molecule has 122 valence electrons. The van der Waals surface area contributed by atoms with Crippen LogP contribution in [0.1, 0.15) is 23.9 Å². The molecule has 1 aliphatic rings. The molecule has 23 heavy (non-hydrogen) atoms. The number of hydrogen-bond acceptors (Lipinski definition) is 6. The third-order valence-corrected chi connectivity index (χ3v) is 4.10. The van der Waals surface area contributed by atoms with E-state index in [0.29, 0.717) is 19.0 Å². The van der Waals surface area contributed by atoms with Crippen LogP contribution in [0, 0.1) is 0 Å². The standard InChI is InChI=1S/C16H20N4O3/c1-11(16(21)17-9-13-4-3-7-23-13)20-6-5-14-12(10-20)8-15(22-2)19-18-14/h3-4,7-8,11H,5-6,9-10H2,1-2H3,(H,17,21)/t11-/m1/s1. The average Bonchev–Trinajstić information content (AvgIpc) is 3.11. The molecule has 1 N–H and O–H groups in total. The first-order valence-electron chi connectivity index (χ1n) is 7.61. The topological polar surface area (TPSA) is 80.5 Å². The Balaban J connectivity index is 1.61. The maximum atomic E-state index is 12.3. The second-order valence-electron chi connectivity index (χ2n) is 5.55. The number of carbonyl (C=O) groups excluding carboxylic acids is 1. The van der Waals surface area contributed by atoms with E-state index in [2.05, 4.69) is 20.4 Å². The highest BCUT2D eigenvalue weighted by Gasteiger charge is 2.26. The van der Waals surface area contributed by atoms with Crippen molar-refractivity contribution in [3.63, 3.8) is 0 Å². The number of fused-ring (bicyclic) bond motifs is 1. The van der Waals surface area contributed by atoms with Gasteiger partial charge in [-0.3, -0.25) is 9.69 Å². The summed E-state index contributed by atoms with van der Waals surface area (Å²) in [7, 11) is 1.57. The Hall–Kier alpha value is -2.41. The molecular weight excluding hydrogens is 296 g/mol. The van der Waals surface area contributed by atoms with E-state index in [1.807, 2.05) is 19.1 Å². The van der Waals surface area contributed by atoms with Crippen molar-refractivity contribution in [2.75, 3.05) is 13.7 Å². The predicted octanol–water partition coefficient (Wildman–Crippen LogP) is 1.14. The van der Waals surface area contributed by atoms with Gasteiger partial charge in [0, 0.05) is 25.6 Å². The minimum Gasteiger partial charge on any atom is -0.480 e. The molecule has 0 aliphatic carbocycles. The predicted molar refractivity (Wildman–Crippen MR) is 82.7 cm³/mol. The molecule has 2 aromatic heterocycles. The molecule has 0 fully saturated rings. The minimum atomic E-state index is -0.225. The van der Waals surface area contributed by atoms with Gasteiger partial charge in [-0.1, -0.05) is 0 Å². The summed E-state index contributed by atoms with van der Waals surface area (Å²) in [5.41, 5.74) is 2.04. The van der Waals surface area contributed by atoms with E-state index < -0.39 is 0 Å². The largest absolute Gasteiger partial charge is 0.480 e. The number of aromatic nitrogens is 2. The van der Waals surface area contributed by atoms with Gasteiger partial charge in [0.25, 0.3) is 0 Å². The van der Waals surface area contributed by atoms with E-state index in [1.54, 1.807) is 19.4 Å². The van der Waals surface area contributed by atoms with Crippen LogP contribution < -0.4 is 10.1 Å². The Kier molecular flexibility index (Phi) is 4.57. The summed E-state index contributed by atoms with van der Waals surface area (Å²) in [5.74, 6) is 1.23. The van der Waals surface area contributed by atoms with Crippen molar-refractivity contribution < 1.29 is 13.9 Å². The molecule has 3 rings (SSSR count). The summed E-state index contributed by atoms with van der Waals surface area (Å²) in [5, 5.41) is 11.1. The van der Waals surface area contributed by atoms with E-state index in [4.69, 9.17) is 9.15 Å². The lowest BCUT2D eigenvalue weighted by molar-refractivity contribution is -0.126. The van der Waals surface area contributed by atoms with Gasteiger partial charge in [0.2, 0.25) is 11.8 Å². The summed E-state index contributed by atoms with van der Waals surface area (Å²) in [6.45, 7) is 3.76. The molecule has 7 nitrogen and oxygen atoms in total. The molecule has 7 heteroatoms. The van der Waals surface area contributed by atoms with Gasteiger partial charge in [-0.15, -0.1) is 5.10 Å². The number of ether oxygens (including phenoxy) is 1. The second kappa shape index (κ2) is 6.78. The van der Waals surface area contributed by atoms with Gasteiger partial charge in [0.05, 0.1) is 31.7 Å². The highest BCUT2D eigenvalue weighted by Crippen LogP contribution is 2.21. The number of furan rings is 1. The quantitative estimate of drug-likeness (QED) is 0.891. The van der Waals surface area contributed by atoms with Gasteiger partial charge in [0.15, 0.2) is 0 Å². The van der Waals surface area contributed by atoms with E-state index in [0.717, 1.165) is 30.0 Å². The first kappa shape index (κ1) is 15.5. The third-order valence-electron chi connectivity index (χ3n) is 4.10. The van der Waals surface area contributed by atoms with Crippen molar-refractivity contribution >= 4 is 5.91 Å². The Morgan fingerprint density at radius 3 is 3.13 bits per heavy atom. The number of amides is 1. The lowest BCUT2D eigenvalue weighted by atomic mass is 10.0. The number of carbonyl (C=O) groups is 1. The van der Waals surface area contributed by atoms with Crippen LogP contribution in [0.4, 0.5) is 0 Å². The van der Waals surface area contributed by atoms with Crippen LogP contribution in [-0.4, -0.2) is 40.7 Å². The Bertz CT molecular complexity index is 672. The summed E-state index contributed by atoms with van der Waals surface area (Å²) >= 11 is 0. The monoisotopic (exact) mass is 316 g/mol. The maximum absolute atomic E-state index is 12.3. The van der Waals surface area contributed by atoms with Crippen LogP contribution in [0.2, 0.25) is 0 Å². The van der Waals surface area contributed by atoms with Crippen molar-refractivity contribution in [2.24, 2.45) is 0 Å². The molecule has 0 spiro atoms. The Morgan fingerprint density at radius 1 is 1.52 bits per heavy atom. The van der Waals surface area contributed by atoms with Crippen molar-refractivity contribution in [1.29, 1.82) is 0 Å². The molecule has 1 aliphatic heterocycles. The van der Waals surface area contributed by atoms with Gasteiger partial charge in [0.1, 0.15) is 5.76 Å². The summed E-state index contributed by atoms with van der Waals surface area (Å²) in [4.78, 5) is 14.5. The lowest BCUT2D eigenvalue weighted by Gasteiger charge is -2.32. The molecule has 0 radical (unpaired) electrons. The molecule has 1 amide bonds. The van der Waals surface area contributed by atoms with Gasteiger partial charge in [-0.05, 0) is 24.6 Å². The molecule has 0 aromatic carbocycles. The summed E-state index contributed by atoms with van der Waals surface area (Å²) in [6.07, 6.45) is 2.38. The summed E-state index contributed by atoms with van der Waals surface area (Å²) in [6, 6.07) is 5.31. The number of rotatable bonds is 5. The molecule has 0 saturated carbocycles. The molecule has 2 aromatic rings. The molecule has 1 atom stereocenters. The highest BCUT2D eigenvalue weighted by molar-refractivity contribution is 5.81. The van der Waals surface area contributed by atoms with Gasteiger partial charge >= 0.3 is 0 Å². The smallest absolute Gasteiger partial charge is 0.237 e. The van der Waals surface area contributed by atoms with Crippen LogP contribution >= 0.6 is 0 Å². The average molecular weight is 316 g/mol. The number of methoxy groups -OCH3 is 1. The SMILES string of the molecule is COc1cc2c(nn1)CCN([C@H](C)C(=O)NCc1ccco1)C2. The minimum absolute atomic E-state index is 0.0150. The van der Waals surface area contributed by atoms with E-state index in [1.165, 1.54) is 0 Å². The van der Waals surface area contributed by atoms with Crippen molar-refractivity contribution in [3.8, 4) is 5.88 Å². The van der Waals surface area contributed by atoms with Crippen molar-refractivity contribution in [1.82, 2.24) is 20.4 Å². The fourth-order valence-electron chi connectivity index (χ4n) is 2.66. The fourth-order valence-corrected chi connectivity index (χ4v) is 2.66. The Morgan fingerprint density at radius 2 is 2.39 bits per heavy atom. The number of hydrogen-bond donors (Lipinski definition) is 1. The van der Waals surface area contributed by atoms with Crippen molar-refractivity contribution in [2.45, 2.75) is 32.5 Å². The molecule has 3 heterocycles. The molecule has 0 saturated heterocycles. The third kappa shape index (κ3) is 3.50. The number of nitrogens with one attached hydrogen (secondary N) is 1. The molecule has 0 bridgehead atoms. The van der Waals surface area contributed by atoms with Crippen LogP contribution in [0.25, 0.3) is 0 Å². The first-order chi connectivity index (χ1) is 11.2. The van der Waals surface area contributed by atoms with Gasteiger partial charge in [-0.2, -0.15) is 5.10 Å². The zero-order chi connectivity index (χ0) is 16.2. The van der Waals surface area contributed by atoms with Crippen LogP contribution in [0.5, 0.6) is 5.88 Å². The van der Waals surface area contributed by atoms with Crippen LogP contribution in [0.3, 0.4) is 0 Å². The Labute approximate surface area is 134 Å². The highest BCUT2D eigenvalue weighted by atomic mass is 16.5. The fraction of sp³-hybridized carbons (Fsp3) is 0.438. The van der Waals surface area contributed by atoms with E-state index in [-0.39, 0.29) is 11.9 Å². The van der Waals surface area contributed by atoms with E-state index in [9.17, 15) is 4.79 Å². The molecule has 0 unspecified atom stereocenters. The molecular formula is C16H20N4O3.